The molecule has 0 unspecified atom stereocenters. The summed E-state index contributed by atoms with van der Waals surface area (Å²) in [6.07, 6.45) is 3.20. The number of nitrogens with one attached hydrogen (secondary N) is 2. The molecule has 0 spiro atoms. The Labute approximate surface area is 110 Å². The normalized spacial score (nSPS) is 11.7. The highest BCUT2D eigenvalue weighted by molar-refractivity contribution is 7.89. The van der Waals surface area contributed by atoms with Gasteiger partial charge in [-0.05, 0) is 24.6 Å². The molecule has 0 saturated carbocycles. The molecule has 1 heterocycles. The molecule has 0 saturated heterocycles. The maximum Gasteiger partial charge on any atom is 0.241 e. The van der Waals surface area contributed by atoms with E-state index in [1.807, 2.05) is 0 Å². The number of halogens is 1. The molecule has 96 valence electrons. The van der Waals surface area contributed by atoms with Gasteiger partial charge in [0.1, 0.15) is 5.82 Å². The van der Waals surface area contributed by atoms with E-state index in [9.17, 15) is 8.42 Å². The number of aryl methyl sites for hydroxylation is 1. The van der Waals surface area contributed by atoms with Gasteiger partial charge in [0.25, 0.3) is 0 Å². The summed E-state index contributed by atoms with van der Waals surface area (Å²) in [6.45, 7) is 1.83. The second-order valence-electron chi connectivity index (χ2n) is 3.77. The zero-order valence-corrected chi connectivity index (χ0v) is 11.2. The van der Waals surface area contributed by atoms with Gasteiger partial charge in [0.2, 0.25) is 10.0 Å². The van der Waals surface area contributed by atoms with E-state index in [0.717, 1.165) is 0 Å². The van der Waals surface area contributed by atoms with Crippen LogP contribution in [0.5, 0.6) is 0 Å². The van der Waals surface area contributed by atoms with E-state index in [0.29, 0.717) is 16.4 Å². The molecule has 1 aromatic heterocycles. The Morgan fingerprint density at radius 1 is 1.44 bits per heavy atom. The van der Waals surface area contributed by atoms with Gasteiger partial charge >= 0.3 is 0 Å². The number of nitrogens with zero attached hydrogens (tertiary/aromatic N) is 1. The molecule has 5 nitrogen and oxygen atoms in total. The van der Waals surface area contributed by atoms with Crippen LogP contribution in [0.2, 0.25) is 5.02 Å². The summed E-state index contributed by atoms with van der Waals surface area (Å²) in [5.41, 5.74) is 0.645. The zero-order valence-electron chi connectivity index (χ0n) is 9.64. The maximum atomic E-state index is 12.1. The van der Waals surface area contributed by atoms with Crippen LogP contribution in [0.25, 0.3) is 0 Å². The third kappa shape index (κ3) is 2.90. The first kappa shape index (κ1) is 13.1. The van der Waals surface area contributed by atoms with E-state index < -0.39 is 10.0 Å². The Balaban J connectivity index is 2.22. The molecular weight excluding hydrogens is 274 g/mol. The van der Waals surface area contributed by atoms with Crippen molar-refractivity contribution in [3.05, 3.63) is 47.0 Å². The quantitative estimate of drug-likeness (QED) is 0.900. The number of sulfonamides is 1. The molecule has 1 aromatic carbocycles. The fourth-order valence-corrected chi connectivity index (χ4v) is 2.99. The minimum absolute atomic E-state index is 0.112. The van der Waals surface area contributed by atoms with E-state index in [-0.39, 0.29) is 11.4 Å². The van der Waals surface area contributed by atoms with Crippen LogP contribution in [0, 0.1) is 6.92 Å². The summed E-state index contributed by atoms with van der Waals surface area (Å²) >= 11 is 5.81. The van der Waals surface area contributed by atoms with Crippen LogP contribution in [0.3, 0.4) is 0 Å². The third-order valence-electron chi connectivity index (χ3n) is 2.42. The van der Waals surface area contributed by atoms with Crippen LogP contribution >= 0.6 is 11.6 Å². The Bertz CT molecular complexity index is 638. The van der Waals surface area contributed by atoms with Gasteiger partial charge in [-0.15, -0.1) is 0 Å². The number of benzene rings is 1. The van der Waals surface area contributed by atoms with Gasteiger partial charge in [-0.3, -0.25) is 0 Å². The lowest BCUT2D eigenvalue weighted by atomic mass is 10.2. The van der Waals surface area contributed by atoms with E-state index in [1.165, 1.54) is 6.07 Å². The van der Waals surface area contributed by atoms with Crippen molar-refractivity contribution in [2.45, 2.75) is 18.4 Å². The van der Waals surface area contributed by atoms with Crippen molar-refractivity contribution in [3.63, 3.8) is 0 Å². The number of rotatable bonds is 4. The van der Waals surface area contributed by atoms with Crippen LogP contribution in [0.15, 0.2) is 35.5 Å². The van der Waals surface area contributed by atoms with Crippen molar-refractivity contribution < 1.29 is 8.42 Å². The van der Waals surface area contributed by atoms with Gasteiger partial charge in [0.15, 0.2) is 0 Å². The number of aromatic nitrogens is 2. The standard InChI is InChI=1S/C11H12ClN3O2S/c1-8-2-3-9(12)6-10(8)18(16,17)15-7-11-13-4-5-14-11/h2-6,15H,7H2,1H3,(H,13,14). The summed E-state index contributed by atoms with van der Waals surface area (Å²) in [7, 11) is -3.58. The Hall–Kier alpha value is -1.37. The molecular formula is C11H12ClN3O2S. The van der Waals surface area contributed by atoms with Gasteiger partial charge in [0.05, 0.1) is 11.4 Å². The predicted octanol–water partition coefficient (Wildman–Crippen LogP) is 1.85. The number of imidazole rings is 1. The van der Waals surface area contributed by atoms with Gasteiger partial charge in [-0.25, -0.2) is 18.1 Å². The Morgan fingerprint density at radius 2 is 2.22 bits per heavy atom. The maximum absolute atomic E-state index is 12.1. The Morgan fingerprint density at radius 3 is 2.89 bits per heavy atom. The largest absolute Gasteiger partial charge is 0.347 e. The molecule has 0 aliphatic carbocycles. The van der Waals surface area contributed by atoms with Gasteiger partial charge in [-0.2, -0.15) is 0 Å². The highest BCUT2D eigenvalue weighted by atomic mass is 35.5. The molecule has 0 fully saturated rings. The van der Waals surface area contributed by atoms with Crippen LogP contribution in [-0.2, 0) is 16.6 Å². The summed E-state index contributed by atoms with van der Waals surface area (Å²) in [5.74, 6) is 0.554. The third-order valence-corrected chi connectivity index (χ3v) is 4.20. The summed E-state index contributed by atoms with van der Waals surface area (Å²) < 4.78 is 26.6. The molecule has 2 N–H and O–H groups in total. The van der Waals surface area contributed by atoms with Crippen molar-refractivity contribution in [2.75, 3.05) is 0 Å². The number of aromatic amines is 1. The number of hydrogen-bond donors (Lipinski definition) is 2. The topological polar surface area (TPSA) is 74.8 Å². The van der Waals surface area contributed by atoms with Gasteiger partial charge in [-0.1, -0.05) is 17.7 Å². The highest BCUT2D eigenvalue weighted by Crippen LogP contribution is 2.20. The predicted molar refractivity (Wildman–Crippen MR) is 68.8 cm³/mol. The van der Waals surface area contributed by atoms with E-state index >= 15 is 0 Å². The van der Waals surface area contributed by atoms with Gasteiger partial charge < -0.3 is 4.98 Å². The summed E-state index contributed by atoms with van der Waals surface area (Å²) in [5, 5.41) is 0.388. The molecule has 2 rings (SSSR count). The first-order chi connectivity index (χ1) is 8.49. The van der Waals surface area contributed by atoms with E-state index in [1.54, 1.807) is 31.5 Å². The fourth-order valence-electron chi connectivity index (χ4n) is 1.50. The monoisotopic (exact) mass is 285 g/mol. The summed E-state index contributed by atoms with van der Waals surface area (Å²) in [4.78, 5) is 6.95. The van der Waals surface area contributed by atoms with Crippen LogP contribution in [0.4, 0.5) is 0 Å². The second-order valence-corrected chi connectivity index (χ2v) is 5.94. The van der Waals surface area contributed by atoms with Crippen LogP contribution in [-0.4, -0.2) is 18.4 Å². The lowest BCUT2D eigenvalue weighted by Crippen LogP contribution is -2.24. The SMILES string of the molecule is Cc1ccc(Cl)cc1S(=O)(=O)NCc1ncc[nH]1. The van der Waals surface area contributed by atoms with Crippen molar-refractivity contribution >= 4 is 21.6 Å². The highest BCUT2D eigenvalue weighted by Gasteiger charge is 2.17. The van der Waals surface area contributed by atoms with Crippen molar-refractivity contribution in [3.8, 4) is 0 Å². The zero-order chi connectivity index (χ0) is 13.2. The average Bonchev–Trinajstić information content (AvgIpc) is 2.83. The van der Waals surface area contributed by atoms with Crippen molar-refractivity contribution in [1.82, 2.24) is 14.7 Å². The smallest absolute Gasteiger partial charge is 0.241 e. The molecule has 0 atom stereocenters. The second kappa shape index (κ2) is 5.09. The first-order valence-electron chi connectivity index (χ1n) is 5.23. The van der Waals surface area contributed by atoms with E-state index in [4.69, 9.17) is 11.6 Å². The molecule has 0 amide bonds. The van der Waals surface area contributed by atoms with Crippen LogP contribution < -0.4 is 4.72 Å². The van der Waals surface area contributed by atoms with Crippen molar-refractivity contribution in [2.24, 2.45) is 0 Å². The first-order valence-corrected chi connectivity index (χ1v) is 7.09. The van der Waals surface area contributed by atoms with Crippen molar-refractivity contribution in [1.29, 1.82) is 0 Å². The Kier molecular flexibility index (Phi) is 3.70. The molecule has 0 aliphatic rings. The molecule has 18 heavy (non-hydrogen) atoms. The molecule has 0 radical (unpaired) electrons. The number of hydrogen-bond acceptors (Lipinski definition) is 3. The lowest BCUT2D eigenvalue weighted by molar-refractivity contribution is 0.579. The van der Waals surface area contributed by atoms with E-state index in [2.05, 4.69) is 14.7 Å². The number of H-pyrrole nitrogens is 1. The molecule has 7 heteroatoms. The average molecular weight is 286 g/mol. The molecule has 2 aromatic rings. The minimum Gasteiger partial charge on any atom is -0.347 e. The molecule has 0 bridgehead atoms. The molecule has 0 aliphatic heterocycles. The lowest BCUT2D eigenvalue weighted by Gasteiger charge is -2.08. The van der Waals surface area contributed by atoms with Gasteiger partial charge in [0, 0.05) is 17.4 Å². The summed E-state index contributed by atoms with van der Waals surface area (Å²) in [6, 6.07) is 4.76. The minimum atomic E-state index is -3.58. The fraction of sp³-hybridized carbons (Fsp3) is 0.182. The van der Waals surface area contributed by atoms with Crippen LogP contribution in [0.1, 0.15) is 11.4 Å².